The average molecular weight is 379 g/mol. The monoisotopic (exact) mass is 379 g/mol. The third-order valence-electron chi connectivity index (χ3n) is 5.26. The number of alkyl halides is 3. The van der Waals surface area contributed by atoms with Crippen molar-refractivity contribution in [2.45, 2.75) is 50.2 Å². The van der Waals surface area contributed by atoms with Crippen molar-refractivity contribution in [2.24, 2.45) is 5.92 Å². The summed E-state index contributed by atoms with van der Waals surface area (Å²) in [6.45, 7) is 0.00743. The predicted molar refractivity (Wildman–Crippen MR) is 91.5 cm³/mol. The maximum Gasteiger partial charge on any atom is 0.416 e. The third kappa shape index (κ3) is 4.07. The molecule has 1 N–H and O–H groups in total. The maximum absolute atomic E-state index is 12.9. The highest BCUT2D eigenvalue weighted by atomic mass is 19.4. The fraction of sp³-hybridized carbons (Fsp3) is 0.526. The number of benzene rings is 1. The number of amides is 2. The maximum atomic E-state index is 12.9. The van der Waals surface area contributed by atoms with Crippen molar-refractivity contribution in [1.82, 2.24) is 5.32 Å². The molecule has 1 unspecified atom stereocenters. The Bertz CT molecular complexity index is 779. The molecule has 1 aromatic rings. The van der Waals surface area contributed by atoms with E-state index in [9.17, 15) is 28.0 Å². The van der Waals surface area contributed by atoms with Crippen LogP contribution in [0.3, 0.4) is 0 Å². The Morgan fingerprint density at radius 3 is 2.59 bits per heavy atom. The lowest BCUT2D eigenvalue weighted by molar-refractivity contribution is -0.137. The summed E-state index contributed by atoms with van der Waals surface area (Å²) in [7, 11) is 0. The number of nitrogens with one attached hydrogen (secondary N) is 1. The zero-order valence-electron chi connectivity index (χ0n) is 14.7. The molecule has 0 aromatic heterocycles. The van der Waals surface area contributed by atoms with Gasteiger partial charge in [-0.15, -0.1) is 0 Å². The zero-order chi connectivity index (χ0) is 19.7. The van der Waals surface area contributed by atoms with Gasteiger partial charge in [0.2, 0.25) is 11.8 Å². The number of anilines is 1. The van der Waals surface area contributed by atoms with E-state index in [2.05, 4.69) is 11.4 Å². The highest BCUT2D eigenvalue weighted by molar-refractivity contribution is 6.00. The van der Waals surface area contributed by atoms with Crippen molar-refractivity contribution in [2.75, 3.05) is 11.4 Å². The van der Waals surface area contributed by atoms with Crippen LogP contribution in [0.5, 0.6) is 0 Å². The second-order valence-electron chi connectivity index (χ2n) is 7.20. The highest BCUT2D eigenvalue weighted by Crippen LogP contribution is 2.34. The number of carbonyl (C=O) groups is 2. The van der Waals surface area contributed by atoms with Crippen LogP contribution in [0.4, 0.5) is 18.9 Å². The molecular weight excluding hydrogens is 359 g/mol. The fourth-order valence-corrected chi connectivity index (χ4v) is 3.74. The van der Waals surface area contributed by atoms with E-state index in [0.29, 0.717) is 12.8 Å². The van der Waals surface area contributed by atoms with Gasteiger partial charge in [-0.05, 0) is 31.0 Å². The van der Waals surface area contributed by atoms with Crippen LogP contribution < -0.4 is 10.2 Å². The molecule has 1 saturated heterocycles. The molecule has 1 aliphatic heterocycles. The molecule has 0 radical (unpaired) electrons. The first-order valence-electron chi connectivity index (χ1n) is 8.95. The summed E-state index contributed by atoms with van der Waals surface area (Å²) in [4.78, 5) is 26.1. The molecule has 0 spiro atoms. The van der Waals surface area contributed by atoms with Crippen molar-refractivity contribution >= 4 is 17.5 Å². The molecule has 1 atom stereocenters. The molecule has 5 nitrogen and oxygen atoms in total. The normalized spacial score (nSPS) is 22.4. The first kappa shape index (κ1) is 19.2. The number of carbonyl (C=O) groups excluding carboxylic acids is 2. The van der Waals surface area contributed by atoms with Crippen molar-refractivity contribution in [3.8, 4) is 6.07 Å². The van der Waals surface area contributed by atoms with Gasteiger partial charge < -0.3 is 10.2 Å². The summed E-state index contributed by atoms with van der Waals surface area (Å²) in [6, 6.07) is 6.71. The lowest BCUT2D eigenvalue weighted by Crippen LogP contribution is -2.51. The number of nitrogens with zero attached hydrogens (tertiary/aromatic N) is 2. The highest BCUT2D eigenvalue weighted by Gasteiger charge is 2.40. The average Bonchev–Trinajstić information content (AvgIpc) is 3.04. The number of halogens is 3. The third-order valence-corrected chi connectivity index (χ3v) is 5.26. The Hall–Kier alpha value is -2.56. The molecule has 3 rings (SSSR count). The molecule has 144 valence electrons. The van der Waals surface area contributed by atoms with E-state index in [-0.39, 0.29) is 24.6 Å². The standard InChI is InChI=1S/C19H20F3N3O2/c20-19(21,22)14-5-4-6-15(10-14)25-11-13(9-16(25)26)17(27)24-18(12-23)7-2-1-3-8-18/h4-6,10,13H,1-3,7-9,11H2,(H,24,27). The number of nitriles is 1. The molecule has 2 fully saturated rings. The molecule has 2 aliphatic rings. The number of rotatable bonds is 3. The molecule has 1 saturated carbocycles. The van der Waals surface area contributed by atoms with Crippen LogP contribution in [-0.4, -0.2) is 23.9 Å². The van der Waals surface area contributed by atoms with E-state index in [1.807, 2.05) is 0 Å². The van der Waals surface area contributed by atoms with E-state index in [1.165, 1.54) is 17.0 Å². The van der Waals surface area contributed by atoms with Gasteiger partial charge in [0.05, 0.1) is 17.6 Å². The van der Waals surface area contributed by atoms with E-state index in [0.717, 1.165) is 31.4 Å². The molecule has 8 heteroatoms. The molecule has 0 bridgehead atoms. The van der Waals surface area contributed by atoms with Gasteiger partial charge in [-0.1, -0.05) is 25.3 Å². The lowest BCUT2D eigenvalue weighted by Gasteiger charge is -2.32. The van der Waals surface area contributed by atoms with Gasteiger partial charge >= 0.3 is 6.18 Å². The van der Waals surface area contributed by atoms with Crippen molar-refractivity contribution < 1.29 is 22.8 Å². The first-order chi connectivity index (χ1) is 12.7. The minimum Gasteiger partial charge on any atom is -0.338 e. The summed E-state index contributed by atoms with van der Waals surface area (Å²) >= 11 is 0. The number of hydrogen-bond donors (Lipinski definition) is 1. The molecule has 2 amide bonds. The van der Waals surface area contributed by atoms with Gasteiger partial charge in [-0.2, -0.15) is 18.4 Å². The lowest BCUT2D eigenvalue weighted by atomic mass is 9.82. The van der Waals surface area contributed by atoms with E-state index >= 15 is 0 Å². The number of hydrogen-bond acceptors (Lipinski definition) is 3. The van der Waals surface area contributed by atoms with Gasteiger partial charge in [0.1, 0.15) is 5.54 Å². The Morgan fingerprint density at radius 2 is 1.96 bits per heavy atom. The van der Waals surface area contributed by atoms with Crippen LogP contribution in [0.1, 0.15) is 44.1 Å². The second-order valence-corrected chi connectivity index (χ2v) is 7.20. The van der Waals surface area contributed by atoms with Crippen LogP contribution in [0, 0.1) is 17.2 Å². The van der Waals surface area contributed by atoms with Crippen molar-refractivity contribution in [3.05, 3.63) is 29.8 Å². The van der Waals surface area contributed by atoms with Gasteiger partial charge in [0, 0.05) is 18.7 Å². The van der Waals surface area contributed by atoms with Crippen LogP contribution in [-0.2, 0) is 15.8 Å². The molecule has 1 heterocycles. The zero-order valence-corrected chi connectivity index (χ0v) is 14.7. The molecular formula is C19H20F3N3O2. The van der Waals surface area contributed by atoms with Crippen molar-refractivity contribution in [3.63, 3.8) is 0 Å². The Balaban J connectivity index is 1.72. The Labute approximate surface area is 155 Å². The Kier molecular flexibility index (Phi) is 5.13. The van der Waals surface area contributed by atoms with Gasteiger partial charge in [-0.25, -0.2) is 0 Å². The summed E-state index contributed by atoms with van der Waals surface area (Å²) in [5.41, 5.74) is -1.62. The SMILES string of the molecule is N#CC1(NC(=O)C2CC(=O)N(c3cccc(C(F)(F)F)c3)C2)CCCCC1. The van der Waals surface area contributed by atoms with Crippen molar-refractivity contribution in [1.29, 1.82) is 5.26 Å². The summed E-state index contributed by atoms with van der Waals surface area (Å²) in [5.74, 6) is -1.47. The topological polar surface area (TPSA) is 73.2 Å². The first-order valence-corrected chi connectivity index (χ1v) is 8.95. The van der Waals surface area contributed by atoms with E-state index < -0.39 is 29.1 Å². The largest absolute Gasteiger partial charge is 0.416 e. The van der Waals surface area contributed by atoms with E-state index in [4.69, 9.17) is 0 Å². The molecule has 1 aliphatic carbocycles. The van der Waals surface area contributed by atoms with Crippen LogP contribution >= 0.6 is 0 Å². The smallest absolute Gasteiger partial charge is 0.338 e. The molecule has 1 aromatic carbocycles. The fourth-order valence-electron chi connectivity index (χ4n) is 3.74. The predicted octanol–water partition coefficient (Wildman–Crippen LogP) is 3.40. The molecule has 27 heavy (non-hydrogen) atoms. The van der Waals surface area contributed by atoms with Gasteiger partial charge in [0.15, 0.2) is 0 Å². The van der Waals surface area contributed by atoms with Gasteiger partial charge in [0.25, 0.3) is 0 Å². The quantitative estimate of drug-likeness (QED) is 0.875. The summed E-state index contributed by atoms with van der Waals surface area (Å²) < 4.78 is 38.7. The van der Waals surface area contributed by atoms with Crippen LogP contribution in [0.2, 0.25) is 0 Å². The summed E-state index contributed by atoms with van der Waals surface area (Å²) in [5, 5.41) is 12.3. The second kappa shape index (κ2) is 7.22. The Morgan fingerprint density at radius 1 is 1.26 bits per heavy atom. The minimum absolute atomic E-state index is 0.00743. The van der Waals surface area contributed by atoms with Crippen LogP contribution in [0.25, 0.3) is 0 Å². The van der Waals surface area contributed by atoms with E-state index in [1.54, 1.807) is 0 Å². The van der Waals surface area contributed by atoms with Gasteiger partial charge in [-0.3, -0.25) is 9.59 Å². The summed E-state index contributed by atoms with van der Waals surface area (Å²) in [6.07, 6.45) is -0.702. The minimum atomic E-state index is -4.50. The van der Waals surface area contributed by atoms with Crippen LogP contribution in [0.15, 0.2) is 24.3 Å².